The Kier molecular flexibility index (Phi) is 4.45. The van der Waals surface area contributed by atoms with Crippen molar-refractivity contribution in [3.63, 3.8) is 0 Å². The first-order valence-electron chi connectivity index (χ1n) is 10.8. The van der Waals surface area contributed by atoms with Crippen LogP contribution in [-0.4, -0.2) is 58.8 Å². The minimum absolute atomic E-state index is 0.0618. The summed E-state index contributed by atoms with van der Waals surface area (Å²) in [5.41, 5.74) is 1.97. The quantitative estimate of drug-likeness (QED) is 0.687. The number of likely N-dealkylation sites (tertiary alicyclic amines) is 1. The number of methoxy groups -OCH3 is 1. The molecule has 1 N–H and O–H groups in total. The maximum absolute atomic E-state index is 15.9. The van der Waals surface area contributed by atoms with Gasteiger partial charge in [0.25, 0.3) is 5.78 Å². The predicted molar refractivity (Wildman–Crippen MR) is 112 cm³/mol. The van der Waals surface area contributed by atoms with Crippen LogP contribution in [0.4, 0.5) is 9.39 Å². The standard InChI is InChI=1S/C22H22FN3O5S/c1-30-21-12-6-11-7-14(25-5-4-10(8-25)9-27)16(23)20-17(11)26(22(12)32-24-21)13-2-3-15(28)18(29)19(13)31-20/h7,10-11,17,27H,2-6,8-9H2,1H3. The number of aromatic nitrogens is 1. The Balaban J connectivity index is 1.52. The maximum atomic E-state index is 15.9. The van der Waals surface area contributed by atoms with Crippen LogP contribution in [0.2, 0.25) is 0 Å². The van der Waals surface area contributed by atoms with E-state index < -0.39 is 23.4 Å². The van der Waals surface area contributed by atoms with E-state index in [1.165, 1.54) is 11.5 Å². The first-order chi connectivity index (χ1) is 15.5. The summed E-state index contributed by atoms with van der Waals surface area (Å²) in [5.74, 6) is -1.21. The fourth-order valence-electron chi connectivity index (χ4n) is 5.47. The number of hydrogen-bond acceptors (Lipinski definition) is 9. The molecule has 5 aliphatic rings. The molecule has 2 aliphatic carbocycles. The topological polar surface area (TPSA) is 92.2 Å². The van der Waals surface area contributed by atoms with Gasteiger partial charge in [0, 0.05) is 38.0 Å². The number of ketones is 2. The Bertz CT molecular complexity index is 1140. The van der Waals surface area contributed by atoms with E-state index in [4.69, 9.17) is 9.47 Å². The summed E-state index contributed by atoms with van der Waals surface area (Å²) >= 11 is 1.25. The third-order valence-electron chi connectivity index (χ3n) is 7.05. The third-order valence-corrected chi connectivity index (χ3v) is 7.92. The van der Waals surface area contributed by atoms with Crippen molar-refractivity contribution in [1.82, 2.24) is 9.27 Å². The monoisotopic (exact) mass is 459 g/mol. The highest BCUT2D eigenvalue weighted by atomic mass is 32.1. The second-order valence-corrected chi connectivity index (χ2v) is 9.55. The van der Waals surface area contributed by atoms with Crippen LogP contribution in [0.1, 0.15) is 24.8 Å². The number of aliphatic hydroxyl groups excluding tert-OH is 1. The molecule has 1 fully saturated rings. The van der Waals surface area contributed by atoms with Crippen LogP contribution in [0, 0.1) is 11.8 Å². The summed E-state index contributed by atoms with van der Waals surface area (Å²) < 4.78 is 31.7. The summed E-state index contributed by atoms with van der Waals surface area (Å²) in [6, 6.07) is -0.438. The average Bonchev–Trinajstić information content (AvgIpc) is 3.45. The Labute approximate surface area is 187 Å². The lowest BCUT2D eigenvalue weighted by atomic mass is 9.80. The van der Waals surface area contributed by atoms with Gasteiger partial charge in [-0.05, 0) is 30.8 Å². The van der Waals surface area contributed by atoms with Crippen LogP contribution < -0.4 is 9.64 Å². The minimum Gasteiger partial charge on any atom is -0.480 e. The van der Waals surface area contributed by atoms with Crippen molar-refractivity contribution in [3.8, 4) is 5.88 Å². The van der Waals surface area contributed by atoms with Gasteiger partial charge in [-0.15, -0.1) is 0 Å². The SMILES string of the molecule is COc1nsc2c1CC1C=C(N3CCC(CO)C3)C(F)=C3OC4=C(CCC(=O)C4=O)N2C31. The summed E-state index contributed by atoms with van der Waals surface area (Å²) in [7, 11) is 1.57. The van der Waals surface area contributed by atoms with Crippen molar-refractivity contribution in [2.45, 2.75) is 31.7 Å². The van der Waals surface area contributed by atoms with E-state index >= 15 is 4.39 Å². The second-order valence-electron chi connectivity index (χ2n) is 8.80. The molecule has 3 unspecified atom stereocenters. The van der Waals surface area contributed by atoms with Gasteiger partial charge in [0.2, 0.25) is 11.7 Å². The molecule has 3 atom stereocenters. The van der Waals surface area contributed by atoms with Gasteiger partial charge in [0.15, 0.2) is 17.3 Å². The number of fused-ring (bicyclic) bond motifs is 3. The summed E-state index contributed by atoms with van der Waals surface area (Å²) in [4.78, 5) is 28.7. The molecule has 1 aromatic heterocycles. The van der Waals surface area contributed by atoms with E-state index in [9.17, 15) is 14.7 Å². The molecule has 0 aromatic carbocycles. The first kappa shape index (κ1) is 19.9. The van der Waals surface area contributed by atoms with E-state index in [0.717, 1.165) is 17.0 Å². The van der Waals surface area contributed by atoms with Crippen LogP contribution in [-0.2, 0) is 20.7 Å². The van der Waals surface area contributed by atoms with E-state index in [1.807, 2.05) is 15.9 Å². The lowest BCUT2D eigenvalue weighted by Gasteiger charge is -2.48. The first-order valence-corrected chi connectivity index (χ1v) is 11.6. The van der Waals surface area contributed by atoms with Crippen molar-refractivity contribution < 1.29 is 28.6 Å². The zero-order valence-electron chi connectivity index (χ0n) is 17.5. The number of Topliss-reactive ketones (excluding diaryl/α,β-unsaturated/α-hetero) is 2. The molecule has 6 rings (SSSR count). The molecule has 0 bridgehead atoms. The lowest BCUT2D eigenvalue weighted by molar-refractivity contribution is -0.137. The molecule has 10 heteroatoms. The highest BCUT2D eigenvalue weighted by molar-refractivity contribution is 7.10. The molecule has 0 radical (unpaired) electrons. The number of nitrogens with zero attached hydrogens (tertiary/aromatic N) is 3. The summed E-state index contributed by atoms with van der Waals surface area (Å²) in [6.45, 7) is 1.26. The number of rotatable bonds is 3. The molecule has 0 amide bonds. The van der Waals surface area contributed by atoms with Gasteiger partial charge in [-0.3, -0.25) is 9.59 Å². The minimum atomic E-state index is -0.706. The fourth-order valence-corrected chi connectivity index (χ4v) is 6.42. The number of carbonyl (C=O) groups is 2. The van der Waals surface area contributed by atoms with Gasteiger partial charge < -0.3 is 24.4 Å². The number of aliphatic hydroxyl groups is 1. The van der Waals surface area contributed by atoms with E-state index in [1.54, 1.807) is 7.11 Å². The fraction of sp³-hybridized carbons (Fsp3) is 0.500. The Morgan fingerprint density at radius 3 is 2.97 bits per heavy atom. The number of hydrogen-bond donors (Lipinski definition) is 1. The number of carbonyl (C=O) groups excluding carboxylic acids is 2. The smallest absolute Gasteiger partial charge is 0.265 e. The predicted octanol–water partition coefficient (Wildman–Crippen LogP) is 2.07. The van der Waals surface area contributed by atoms with E-state index in [2.05, 4.69) is 4.37 Å². The molecule has 0 saturated carbocycles. The third kappa shape index (κ3) is 2.65. The average molecular weight is 459 g/mol. The van der Waals surface area contributed by atoms with Gasteiger partial charge in [-0.2, -0.15) is 4.37 Å². The molecule has 0 spiro atoms. The number of ether oxygens (including phenoxy) is 2. The zero-order chi connectivity index (χ0) is 22.1. The van der Waals surface area contributed by atoms with Gasteiger partial charge in [0.05, 0.1) is 24.1 Å². The number of halogens is 1. The van der Waals surface area contributed by atoms with Crippen LogP contribution in [0.15, 0.2) is 34.8 Å². The Hall–Kier alpha value is -2.72. The molecular weight excluding hydrogens is 437 g/mol. The van der Waals surface area contributed by atoms with Crippen molar-refractivity contribution in [1.29, 1.82) is 0 Å². The number of allylic oxidation sites excluding steroid dienone is 3. The Morgan fingerprint density at radius 1 is 1.38 bits per heavy atom. The molecule has 8 nitrogen and oxygen atoms in total. The van der Waals surface area contributed by atoms with Crippen molar-refractivity contribution in [2.75, 3.05) is 31.7 Å². The zero-order valence-corrected chi connectivity index (χ0v) is 18.3. The van der Waals surface area contributed by atoms with Gasteiger partial charge >= 0.3 is 0 Å². The summed E-state index contributed by atoms with van der Waals surface area (Å²) in [6.07, 6.45) is 3.80. The van der Waals surface area contributed by atoms with Crippen LogP contribution in [0.25, 0.3) is 0 Å². The van der Waals surface area contributed by atoms with Crippen LogP contribution in [0.5, 0.6) is 5.88 Å². The van der Waals surface area contributed by atoms with E-state index in [0.29, 0.717) is 43.2 Å². The molecule has 1 saturated heterocycles. The highest BCUT2D eigenvalue weighted by Crippen LogP contribution is 2.53. The van der Waals surface area contributed by atoms with Gasteiger partial charge in [-0.25, -0.2) is 4.39 Å². The van der Waals surface area contributed by atoms with Gasteiger partial charge in [-0.1, -0.05) is 6.08 Å². The van der Waals surface area contributed by atoms with Crippen LogP contribution >= 0.6 is 11.5 Å². The largest absolute Gasteiger partial charge is 0.480 e. The molecular formula is C22H22FN3O5S. The number of anilines is 1. The highest BCUT2D eigenvalue weighted by Gasteiger charge is 2.52. The molecule has 168 valence electrons. The van der Waals surface area contributed by atoms with Crippen LogP contribution in [0.3, 0.4) is 0 Å². The Morgan fingerprint density at radius 2 is 2.22 bits per heavy atom. The summed E-state index contributed by atoms with van der Waals surface area (Å²) in [5, 5.41) is 10.3. The molecule has 32 heavy (non-hydrogen) atoms. The maximum Gasteiger partial charge on any atom is 0.265 e. The van der Waals surface area contributed by atoms with Crippen molar-refractivity contribution in [3.05, 3.63) is 40.4 Å². The van der Waals surface area contributed by atoms with E-state index in [-0.39, 0.29) is 36.4 Å². The van der Waals surface area contributed by atoms with Crippen molar-refractivity contribution >= 4 is 28.1 Å². The second kappa shape index (κ2) is 7.14. The molecule has 3 aliphatic heterocycles. The lowest BCUT2D eigenvalue weighted by Crippen LogP contribution is -2.52. The normalized spacial score (nSPS) is 29.0. The molecule has 4 heterocycles. The molecule has 1 aromatic rings. The van der Waals surface area contributed by atoms with Crippen molar-refractivity contribution in [2.24, 2.45) is 11.8 Å². The van der Waals surface area contributed by atoms with Gasteiger partial charge in [0.1, 0.15) is 11.0 Å².